The van der Waals surface area contributed by atoms with Gasteiger partial charge in [0.2, 0.25) is 0 Å². The standard InChI is InChI=1S/C12H13NO2/c14-10-6-4-9(5-7-10)12(15)11-3-1-2-8-13-11/h1-3,8-9H,4-7H2. The van der Waals surface area contributed by atoms with E-state index in [1.54, 1.807) is 18.3 Å². The van der Waals surface area contributed by atoms with Gasteiger partial charge >= 0.3 is 0 Å². The minimum atomic E-state index is -0.00222. The molecule has 1 aromatic heterocycles. The van der Waals surface area contributed by atoms with Crippen LogP contribution in [-0.2, 0) is 4.79 Å². The first-order valence-electron chi connectivity index (χ1n) is 5.24. The molecule has 1 saturated carbocycles. The van der Waals surface area contributed by atoms with Gasteiger partial charge in [0.15, 0.2) is 5.78 Å². The number of hydrogen-bond donors (Lipinski definition) is 0. The Balaban J connectivity index is 2.06. The number of nitrogens with zero attached hydrogens (tertiary/aromatic N) is 1. The van der Waals surface area contributed by atoms with E-state index in [-0.39, 0.29) is 17.5 Å². The highest BCUT2D eigenvalue weighted by Gasteiger charge is 2.25. The fraction of sp³-hybridized carbons (Fsp3) is 0.417. The Morgan fingerprint density at radius 1 is 1.27 bits per heavy atom. The third-order valence-corrected chi connectivity index (χ3v) is 2.83. The summed E-state index contributed by atoms with van der Waals surface area (Å²) >= 11 is 0. The van der Waals surface area contributed by atoms with Crippen LogP contribution in [0.15, 0.2) is 24.4 Å². The lowest BCUT2D eigenvalue weighted by molar-refractivity contribution is -0.120. The Bertz CT molecular complexity index is 362. The van der Waals surface area contributed by atoms with E-state index < -0.39 is 0 Å². The van der Waals surface area contributed by atoms with Crippen molar-refractivity contribution in [2.75, 3.05) is 0 Å². The number of Topliss-reactive ketones (excluding diaryl/α,β-unsaturated/α-hetero) is 2. The van der Waals surface area contributed by atoms with Crippen LogP contribution in [0.25, 0.3) is 0 Å². The third kappa shape index (κ3) is 2.29. The number of carbonyl (C=O) groups is 2. The van der Waals surface area contributed by atoms with Crippen LogP contribution in [0.4, 0.5) is 0 Å². The first-order valence-corrected chi connectivity index (χ1v) is 5.24. The quantitative estimate of drug-likeness (QED) is 0.691. The molecular formula is C12H13NO2. The van der Waals surface area contributed by atoms with E-state index in [9.17, 15) is 9.59 Å². The molecule has 0 spiro atoms. The van der Waals surface area contributed by atoms with Gasteiger partial charge in [-0.3, -0.25) is 14.6 Å². The molecule has 0 N–H and O–H groups in total. The second kappa shape index (κ2) is 4.34. The lowest BCUT2D eigenvalue weighted by Crippen LogP contribution is -2.22. The number of rotatable bonds is 2. The van der Waals surface area contributed by atoms with Crippen molar-refractivity contribution in [3.63, 3.8) is 0 Å². The molecule has 0 amide bonds. The number of pyridine rings is 1. The minimum absolute atomic E-state index is 0.00222. The van der Waals surface area contributed by atoms with E-state index >= 15 is 0 Å². The molecule has 1 aromatic rings. The van der Waals surface area contributed by atoms with Crippen molar-refractivity contribution >= 4 is 11.6 Å². The predicted octanol–water partition coefficient (Wildman–Crippen LogP) is 2.02. The Hall–Kier alpha value is -1.51. The summed E-state index contributed by atoms with van der Waals surface area (Å²) in [6.07, 6.45) is 4.09. The van der Waals surface area contributed by atoms with Crippen molar-refractivity contribution in [1.82, 2.24) is 4.98 Å². The van der Waals surface area contributed by atoms with E-state index in [0.717, 1.165) is 0 Å². The lowest BCUT2D eigenvalue weighted by Gasteiger charge is -2.18. The van der Waals surface area contributed by atoms with Gasteiger partial charge in [-0.05, 0) is 25.0 Å². The molecule has 2 rings (SSSR count). The zero-order valence-electron chi connectivity index (χ0n) is 8.48. The fourth-order valence-corrected chi connectivity index (χ4v) is 1.92. The summed E-state index contributed by atoms with van der Waals surface area (Å²) in [5.41, 5.74) is 0.525. The first kappa shape index (κ1) is 10.0. The Morgan fingerprint density at radius 2 is 2.00 bits per heavy atom. The summed E-state index contributed by atoms with van der Waals surface area (Å²) in [5, 5.41) is 0. The summed E-state index contributed by atoms with van der Waals surface area (Å²) in [4.78, 5) is 27.0. The van der Waals surface area contributed by atoms with Crippen molar-refractivity contribution in [3.8, 4) is 0 Å². The molecular weight excluding hydrogens is 190 g/mol. The van der Waals surface area contributed by atoms with Crippen molar-refractivity contribution in [1.29, 1.82) is 0 Å². The molecule has 0 aromatic carbocycles. The molecule has 3 heteroatoms. The molecule has 0 saturated heterocycles. The van der Waals surface area contributed by atoms with Crippen molar-refractivity contribution < 1.29 is 9.59 Å². The Morgan fingerprint density at radius 3 is 2.60 bits per heavy atom. The summed E-state index contributed by atoms with van der Waals surface area (Å²) in [7, 11) is 0. The maximum Gasteiger partial charge on any atom is 0.184 e. The summed E-state index contributed by atoms with van der Waals surface area (Å²) < 4.78 is 0. The van der Waals surface area contributed by atoms with E-state index in [1.165, 1.54) is 0 Å². The van der Waals surface area contributed by atoms with Gasteiger partial charge in [-0.1, -0.05) is 6.07 Å². The zero-order valence-corrected chi connectivity index (χ0v) is 8.48. The molecule has 1 aliphatic carbocycles. The average molecular weight is 203 g/mol. The highest BCUT2D eigenvalue weighted by molar-refractivity contribution is 5.97. The Labute approximate surface area is 88.5 Å². The highest BCUT2D eigenvalue weighted by atomic mass is 16.1. The molecule has 0 radical (unpaired) electrons. The van der Waals surface area contributed by atoms with Crippen LogP contribution < -0.4 is 0 Å². The summed E-state index contributed by atoms with van der Waals surface area (Å²) in [6.45, 7) is 0. The number of ketones is 2. The molecule has 3 nitrogen and oxygen atoms in total. The van der Waals surface area contributed by atoms with Crippen LogP contribution in [0.3, 0.4) is 0 Å². The fourth-order valence-electron chi connectivity index (χ4n) is 1.92. The van der Waals surface area contributed by atoms with Crippen molar-refractivity contribution in [2.45, 2.75) is 25.7 Å². The second-order valence-electron chi connectivity index (χ2n) is 3.89. The third-order valence-electron chi connectivity index (χ3n) is 2.83. The molecule has 15 heavy (non-hydrogen) atoms. The number of aromatic nitrogens is 1. The molecule has 1 heterocycles. The number of carbonyl (C=O) groups excluding carboxylic acids is 2. The maximum absolute atomic E-state index is 11.9. The molecule has 78 valence electrons. The smallest absolute Gasteiger partial charge is 0.184 e. The van der Waals surface area contributed by atoms with Crippen LogP contribution in [0.2, 0.25) is 0 Å². The van der Waals surface area contributed by atoms with Gasteiger partial charge in [-0.25, -0.2) is 0 Å². The average Bonchev–Trinajstić information content (AvgIpc) is 2.30. The zero-order chi connectivity index (χ0) is 10.7. The van der Waals surface area contributed by atoms with Crippen molar-refractivity contribution in [2.24, 2.45) is 5.92 Å². The van der Waals surface area contributed by atoms with E-state index in [4.69, 9.17) is 0 Å². The SMILES string of the molecule is O=C1CCC(C(=O)c2ccccn2)CC1. The second-order valence-corrected chi connectivity index (χ2v) is 3.89. The van der Waals surface area contributed by atoms with Gasteiger partial charge in [0.05, 0.1) is 0 Å². The van der Waals surface area contributed by atoms with Crippen molar-refractivity contribution in [3.05, 3.63) is 30.1 Å². The largest absolute Gasteiger partial charge is 0.300 e. The molecule has 0 atom stereocenters. The predicted molar refractivity (Wildman–Crippen MR) is 55.5 cm³/mol. The van der Waals surface area contributed by atoms with E-state index in [0.29, 0.717) is 31.4 Å². The van der Waals surface area contributed by atoms with Crippen LogP contribution >= 0.6 is 0 Å². The van der Waals surface area contributed by atoms with Crippen LogP contribution in [0, 0.1) is 5.92 Å². The maximum atomic E-state index is 11.9. The lowest BCUT2D eigenvalue weighted by atomic mass is 9.84. The van der Waals surface area contributed by atoms with Gasteiger partial charge in [0.25, 0.3) is 0 Å². The topological polar surface area (TPSA) is 47.0 Å². The number of hydrogen-bond acceptors (Lipinski definition) is 3. The van der Waals surface area contributed by atoms with Gasteiger partial charge in [0.1, 0.15) is 11.5 Å². The molecule has 1 aliphatic rings. The molecule has 0 unspecified atom stereocenters. The summed E-state index contributed by atoms with van der Waals surface area (Å²) in [6, 6.07) is 5.34. The highest BCUT2D eigenvalue weighted by Crippen LogP contribution is 2.24. The van der Waals surface area contributed by atoms with Crippen LogP contribution in [-0.4, -0.2) is 16.6 Å². The molecule has 1 fully saturated rings. The summed E-state index contributed by atoms with van der Waals surface area (Å²) in [5.74, 6) is 0.362. The molecule has 0 bridgehead atoms. The van der Waals surface area contributed by atoms with E-state index in [1.807, 2.05) is 6.07 Å². The normalized spacial score (nSPS) is 17.7. The van der Waals surface area contributed by atoms with Gasteiger partial charge < -0.3 is 0 Å². The Kier molecular flexibility index (Phi) is 2.90. The van der Waals surface area contributed by atoms with Gasteiger partial charge in [-0.15, -0.1) is 0 Å². The minimum Gasteiger partial charge on any atom is -0.300 e. The molecule has 0 aliphatic heterocycles. The monoisotopic (exact) mass is 203 g/mol. The van der Waals surface area contributed by atoms with Gasteiger partial charge in [0, 0.05) is 25.0 Å². The van der Waals surface area contributed by atoms with Crippen LogP contribution in [0.5, 0.6) is 0 Å². The van der Waals surface area contributed by atoms with Crippen LogP contribution in [0.1, 0.15) is 36.2 Å². The first-order chi connectivity index (χ1) is 7.27. The van der Waals surface area contributed by atoms with E-state index in [2.05, 4.69) is 4.98 Å². The van der Waals surface area contributed by atoms with Gasteiger partial charge in [-0.2, -0.15) is 0 Å².